The molecule has 30 heavy (non-hydrogen) atoms. The second-order valence-corrected chi connectivity index (χ2v) is 7.55. The standard InChI is InChI=1S/C23H32N6O/c1-4-24-23(29-16-14-28(15-17-29)21-10-5-6-12-25-21)26-13-11-19-8-7-9-20(18-19)22(30)27(2)3/h5-10,12,18H,4,11,13-17H2,1-3H3,(H,24,26). The summed E-state index contributed by atoms with van der Waals surface area (Å²) in [6.07, 6.45) is 2.64. The third kappa shape index (κ3) is 5.72. The van der Waals surface area contributed by atoms with Gasteiger partial charge in [0.05, 0.1) is 0 Å². The summed E-state index contributed by atoms with van der Waals surface area (Å²) in [6, 6.07) is 13.9. The average Bonchev–Trinajstić information content (AvgIpc) is 2.79. The highest BCUT2D eigenvalue weighted by molar-refractivity contribution is 5.94. The van der Waals surface area contributed by atoms with Crippen molar-refractivity contribution in [2.75, 3.05) is 58.3 Å². The van der Waals surface area contributed by atoms with E-state index >= 15 is 0 Å². The van der Waals surface area contributed by atoms with Crippen LogP contribution in [-0.4, -0.2) is 80.0 Å². The number of aromatic nitrogens is 1. The topological polar surface area (TPSA) is 64.1 Å². The maximum absolute atomic E-state index is 12.2. The van der Waals surface area contributed by atoms with Crippen LogP contribution in [0.5, 0.6) is 0 Å². The predicted octanol–water partition coefficient (Wildman–Crippen LogP) is 2.11. The van der Waals surface area contributed by atoms with E-state index in [9.17, 15) is 4.79 Å². The Hall–Kier alpha value is -3.09. The van der Waals surface area contributed by atoms with Gasteiger partial charge in [0.1, 0.15) is 5.82 Å². The molecule has 1 saturated heterocycles. The largest absolute Gasteiger partial charge is 0.357 e. The van der Waals surface area contributed by atoms with Crippen molar-refractivity contribution in [3.63, 3.8) is 0 Å². The Morgan fingerprint density at radius 1 is 1.13 bits per heavy atom. The van der Waals surface area contributed by atoms with Crippen molar-refractivity contribution < 1.29 is 4.79 Å². The number of pyridine rings is 1. The van der Waals surface area contributed by atoms with E-state index in [0.29, 0.717) is 6.54 Å². The Morgan fingerprint density at radius 2 is 1.93 bits per heavy atom. The molecule has 0 bridgehead atoms. The van der Waals surface area contributed by atoms with Crippen molar-refractivity contribution in [3.8, 4) is 0 Å². The van der Waals surface area contributed by atoms with Crippen LogP contribution < -0.4 is 10.2 Å². The molecule has 1 aromatic heterocycles. The number of guanidine groups is 1. The van der Waals surface area contributed by atoms with E-state index < -0.39 is 0 Å². The van der Waals surface area contributed by atoms with Crippen LogP contribution in [0.25, 0.3) is 0 Å². The number of anilines is 1. The lowest BCUT2D eigenvalue weighted by Gasteiger charge is -2.37. The van der Waals surface area contributed by atoms with Gasteiger partial charge in [0.15, 0.2) is 5.96 Å². The molecule has 0 spiro atoms. The van der Waals surface area contributed by atoms with E-state index in [2.05, 4.69) is 39.2 Å². The number of carbonyl (C=O) groups excluding carboxylic acids is 1. The van der Waals surface area contributed by atoms with Crippen LogP contribution in [0.1, 0.15) is 22.8 Å². The van der Waals surface area contributed by atoms with Crippen LogP contribution in [0.2, 0.25) is 0 Å². The molecule has 7 heteroatoms. The maximum Gasteiger partial charge on any atom is 0.253 e. The van der Waals surface area contributed by atoms with Crippen LogP contribution >= 0.6 is 0 Å². The highest BCUT2D eigenvalue weighted by Gasteiger charge is 2.20. The van der Waals surface area contributed by atoms with E-state index in [4.69, 9.17) is 4.99 Å². The Morgan fingerprint density at radius 3 is 2.60 bits per heavy atom. The molecule has 2 heterocycles. The molecule has 7 nitrogen and oxygen atoms in total. The van der Waals surface area contributed by atoms with Crippen LogP contribution in [-0.2, 0) is 6.42 Å². The molecule has 1 fully saturated rings. The number of nitrogens with one attached hydrogen (secondary N) is 1. The number of nitrogens with zero attached hydrogens (tertiary/aromatic N) is 5. The van der Waals surface area contributed by atoms with E-state index in [1.807, 2.05) is 36.5 Å². The van der Waals surface area contributed by atoms with Crippen LogP contribution in [0, 0.1) is 0 Å². The lowest BCUT2D eigenvalue weighted by atomic mass is 10.1. The maximum atomic E-state index is 12.2. The van der Waals surface area contributed by atoms with Crippen molar-refractivity contribution in [3.05, 3.63) is 59.8 Å². The predicted molar refractivity (Wildman–Crippen MR) is 122 cm³/mol. The van der Waals surface area contributed by atoms with E-state index in [0.717, 1.165) is 62.0 Å². The van der Waals surface area contributed by atoms with Crippen molar-refractivity contribution >= 4 is 17.7 Å². The first-order valence-electron chi connectivity index (χ1n) is 10.6. The number of benzene rings is 1. The summed E-state index contributed by atoms with van der Waals surface area (Å²) in [5.41, 5.74) is 1.85. The monoisotopic (exact) mass is 408 g/mol. The lowest BCUT2D eigenvalue weighted by molar-refractivity contribution is 0.0827. The molecule has 1 amide bonds. The van der Waals surface area contributed by atoms with Gasteiger partial charge in [-0.2, -0.15) is 0 Å². The molecule has 1 aliphatic rings. The molecule has 0 atom stereocenters. The highest BCUT2D eigenvalue weighted by Crippen LogP contribution is 2.13. The summed E-state index contributed by atoms with van der Waals surface area (Å²) >= 11 is 0. The van der Waals surface area contributed by atoms with E-state index in [1.165, 1.54) is 0 Å². The van der Waals surface area contributed by atoms with Gasteiger partial charge in [-0.25, -0.2) is 4.98 Å². The van der Waals surface area contributed by atoms with Gasteiger partial charge in [-0.15, -0.1) is 0 Å². The van der Waals surface area contributed by atoms with Crippen molar-refractivity contribution in [1.29, 1.82) is 0 Å². The second-order valence-electron chi connectivity index (χ2n) is 7.55. The third-order valence-corrected chi connectivity index (χ3v) is 5.13. The SMILES string of the molecule is CCNC(=NCCc1cccc(C(=O)N(C)C)c1)N1CCN(c2ccccn2)CC1. The summed E-state index contributed by atoms with van der Waals surface area (Å²) in [5.74, 6) is 2.02. The number of hydrogen-bond donors (Lipinski definition) is 1. The van der Waals surface area contributed by atoms with Crippen molar-refractivity contribution in [1.82, 2.24) is 20.1 Å². The quantitative estimate of drug-likeness (QED) is 0.586. The molecule has 0 aliphatic carbocycles. The Balaban J connectivity index is 1.58. The fraction of sp³-hybridized carbons (Fsp3) is 0.435. The number of carbonyl (C=O) groups is 1. The minimum absolute atomic E-state index is 0.0273. The zero-order valence-electron chi connectivity index (χ0n) is 18.2. The second kappa shape index (κ2) is 10.6. The van der Waals surface area contributed by atoms with Gasteiger partial charge >= 0.3 is 0 Å². The number of hydrogen-bond acceptors (Lipinski definition) is 4. The first-order chi connectivity index (χ1) is 14.6. The van der Waals surface area contributed by atoms with Gasteiger partial charge in [0, 0.05) is 65.1 Å². The Bertz CT molecular complexity index is 844. The third-order valence-electron chi connectivity index (χ3n) is 5.13. The van der Waals surface area contributed by atoms with Crippen LogP contribution in [0.3, 0.4) is 0 Å². The molecule has 0 saturated carbocycles. The van der Waals surface area contributed by atoms with Gasteiger partial charge in [-0.1, -0.05) is 18.2 Å². The fourth-order valence-corrected chi connectivity index (χ4v) is 3.52. The molecule has 0 unspecified atom stereocenters. The van der Waals surface area contributed by atoms with Gasteiger partial charge in [0.25, 0.3) is 5.91 Å². The van der Waals surface area contributed by atoms with Gasteiger partial charge in [-0.3, -0.25) is 9.79 Å². The number of piperazine rings is 1. The Labute approximate surface area is 179 Å². The molecule has 1 aromatic carbocycles. The number of amides is 1. The zero-order chi connectivity index (χ0) is 21.3. The summed E-state index contributed by atoms with van der Waals surface area (Å²) in [7, 11) is 3.55. The smallest absolute Gasteiger partial charge is 0.253 e. The normalized spacial score (nSPS) is 14.6. The van der Waals surface area contributed by atoms with Crippen LogP contribution in [0.4, 0.5) is 5.82 Å². The first kappa shape index (κ1) is 21.6. The van der Waals surface area contributed by atoms with E-state index in [1.54, 1.807) is 19.0 Å². The van der Waals surface area contributed by atoms with Gasteiger partial charge < -0.3 is 20.0 Å². The summed E-state index contributed by atoms with van der Waals surface area (Å²) in [5, 5.41) is 3.42. The zero-order valence-corrected chi connectivity index (χ0v) is 18.2. The molecule has 160 valence electrons. The molecule has 1 N–H and O–H groups in total. The summed E-state index contributed by atoms with van der Waals surface area (Å²) < 4.78 is 0. The Kier molecular flexibility index (Phi) is 7.65. The number of aliphatic imine (C=N–C) groups is 1. The molecule has 2 aromatic rings. The van der Waals surface area contributed by atoms with E-state index in [-0.39, 0.29) is 5.91 Å². The summed E-state index contributed by atoms with van der Waals surface area (Å²) in [6.45, 7) is 7.29. The minimum atomic E-state index is 0.0273. The minimum Gasteiger partial charge on any atom is -0.357 e. The first-order valence-corrected chi connectivity index (χ1v) is 10.6. The van der Waals surface area contributed by atoms with Gasteiger partial charge in [-0.05, 0) is 43.2 Å². The molecule has 3 rings (SSSR count). The van der Waals surface area contributed by atoms with Crippen molar-refractivity contribution in [2.45, 2.75) is 13.3 Å². The summed E-state index contributed by atoms with van der Waals surface area (Å²) in [4.78, 5) is 27.7. The molecule has 0 radical (unpaired) electrons. The molecule has 1 aliphatic heterocycles. The highest BCUT2D eigenvalue weighted by atomic mass is 16.2. The van der Waals surface area contributed by atoms with Crippen molar-refractivity contribution in [2.24, 2.45) is 4.99 Å². The average molecular weight is 409 g/mol. The molecular weight excluding hydrogens is 376 g/mol. The fourth-order valence-electron chi connectivity index (χ4n) is 3.52. The van der Waals surface area contributed by atoms with Crippen LogP contribution in [0.15, 0.2) is 53.7 Å². The number of rotatable bonds is 6. The van der Waals surface area contributed by atoms with Gasteiger partial charge in [0.2, 0.25) is 0 Å². The lowest BCUT2D eigenvalue weighted by Crippen LogP contribution is -2.52. The molecular formula is C23H32N6O.